The smallest absolute Gasteiger partial charge is 0.0702 e. The number of benzene rings is 1. The number of aliphatic hydroxyl groups excluding tert-OH is 1. The van der Waals surface area contributed by atoms with Crippen LogP contribution in [0.4, 0.5) is 5.69 Å². The first-order valence-electron chi connectivity index (χ1n) is 6.66. The molecule has 1 saturated heterocycles. The average molecular weight is 311 g/mol. The summed E-state index contributed by atoms with van der Waals surface area (Å²) in [4.78, 5) is 5.00. The van der Waals surface area contributed by atoms with Crippen LogP contribution in [0.15, 0.2) is 22.7 Å². The van der Waals surface area contributed by atoms with Crippen LogP contribution in [0.2, 0.25) is 0 Å². The van der Waals surface area contributed by atoms with Gasteiger partial charge >= 0.3 is 0 Å². The fourth-order valence-electron chi connectivity index (χ4n) is 2.76. The second kappa shape index (κ2) is 5.19. The standard InChI is InChI=1S/C14H19BrN2O/c15-12-1-4-14(11(9-12)10-18)17-7-5-16(6-8-17)13-2-3-13/h1,4,9,13,18H,2-3,5-8,10H2. The predicted octanol–water partition coefficient (Wildman–Crippen LogP) is 2.23. The van der Waals surface area contributed by atoms with Gasteiger partial charge in [-0.25, -0.2) is 0 Å². The van der Waals surface area contributed by atoms with Gasteiger partial charge in [-0.2, -0.15) is 0 Å². The van der Waals surface area contributed by atoms with Gasteiger partial charge in [0, 0.05) is 47.9 Å². The van der Waals surface area contributed by atoms with E-state index in [0.717, 1.165) is 42.3 Å². The molecule has 3 nitrogen and oxygen atoms in total. The molecule has 3 rings (SSSR count). The van der Waals surface area contributed by atoms with Crippen LogP contribution in [0.3, 0.4) is 0 Å². The van der Waals surface area contributed by atoms with E-state index in [9.17, 15) is 5.11 Å². The summed E-state index contributed by atoms with van der Waals surface area (Å²) in [5.74, 6) is 0. The Hall–Kier alpha value is -0.580. The van der Waals surface area contributed by atoms with E-state index in [4.69, 9.17) is 0 Å². The number of aliphatic hydroxyl groups is 1. The summed E-state index contributed by atoms with van der Waals surface area (Å²) in [6.45, 7) is 4.57. The van der Waals surface area contributed by atoms with Crippen molar-refractivity contribution in [1.82, 2.24) is 4.90 Å². The summed E-state index contributed by atoms with van der Waals surface area (Å²) >= 11 is 3.46. The first kappa shape index (κ1) is 12.5. The Balaban J connectivity index is 1.71. The second-order valence-electron chi connectivity index (χ2n) is 5.19. The Labute approximate surface area is 117 Å². The van der Waals surface area contributed by atoms with Gasteiger partial charge in [-0.3, -0.25) is 4.90 Å². The van der Waals surface area contributed by atoms with Gasteiger partial charge in [0.25, 0.3) is 0 Å². The number of hydrogen-bond donors (Lipinski definition) is 1. The highest BCUT2D eigenvalue weighted by atomic mass is 79.9. The molecule has 1 aromatic rings. The molecule has 0 spiro atoms. The molecule has 0 radical (unpaired) electrons. The quantitative estimate of drug-likeness (QED) is 0.927. The maximum Gasteiger partial charge on any atom is 0.0702 e. The van der Waals surface area contributed by atoms with E-state index in [2.05, 4.69) is 37.9 Å². The van der Waals surface area contributed by atoms with E-state index >= 15 is 0 Å². The van der Waals surface area contributed by atoms with E-state index in [0.29, 0.717) is 0 Å². The number of hydrogen-bond acceptors (Lipinski definition) is 3. The zero-order valence-corrected chi connectivity index (χ0v) is 12.1. The molecule has 98 valence electrons. The molecule has 1 aliphatic heterocycles. The van der Waals surface area contributed by atoms with Crippen molar-refractivity contribution in [3.05, 3.63) is 28.2 Å². The lowest BCUT2D eigenvalue weighted by atomic mass is 10.1. The maximum atomic E-state index is 9.47. The van der Waals surface area contributed by atoms with Crippen LogP contribution in [0.5, 0.6) is 0 Å². The van der Waals surface area contributed by atoms with E-state index in [1.165, 1.54) is 18.5 Å². The van der Waals surface area contributed by atoms with Crippen LogP contribution in [-0.4, -0.2) is 42.2 Å². The Morgan fingerprint density at radius 3 is 2.50 bits per heavy atom. The number of halogens is 1. The topological polar surface area (TPSA) is 26.7 Å². The molecule has 18 heavy (non-hydrogen) atoms. The fourth-order valence-corrected chi connectivity index (χ4v) is 3.17. The molecule has 1 N–H and O–H groups in total. The highest BCUT2D eigenvalue weighted by Crippen LogP contribution is 2.30. The Morgan fingerprint density at radius 2 is 1.89 bits per heavy atom. The number of anilines is 1. The lowest BCUT2D eigenvalue weighted by molar-refractivity contribution is 0.246. The van der Waals surface area contributed by atoms with Crippen molar-refractivity contribution in [3.8, 4) is 0 Å². The molecule has 0 atom stereocenters. The second-order valence-corrected chi connectivity index (χ2v) is 6.10. The minimum Gasteiger partial charge on any atom is -0.392 e. The fraction of sp³-hybridized carbons (Fsp3) is 0.571. The van der Waals surface area contributed by atoms with Crippen molar-refractivity contribution >= 4 is 21.6 Å². The molecule has 4 heteroatoms. The van der Waals surface area contributed by atoms with Gasteiger partial charge < -0.3 is 10.0 Å². The SMILES string of the molecule is OCc1cc(Br)ccc1N1CCN(C2CC2)CC1. The van der Waals surface area contributed by atoms with Crippen molar-refractivity contribution in [2.75, 3.05) is 31.1 Å². The van der Waals surface area contributed by atoms with Crippen LogP contribution >= 0.6 is 15.9 Å². The monoisotopic (exact) mass is 310 g/mol. The highest BCUT2D eigenvalue weighted by Gasteiger charge is 2.31. The van der Waals surface area contributed by atoms with Gasteiger partial charge in [0.05, 0.1) is 6.61 Å². The molecule has 1 aromatic carbocycles. The summed E-state index contributed by atoms with van der Waals surface area (Å²) < 4.78 is 1.03. The molecule has 0 aromatic heterocycles. The van der Waals surface area contributed by atoms with Crippen LogP contribution < -0.4 is 4.90 Å². The van der Waals surface area contributed by atoms with Gasteiger partial charge in [0.1, 0.15) is 0 Å². The van der Waals surface area contributed by atoms with Crippen molar-refractivity contribution in [2.45, 2.75) is 25.5 Å². The van der Waals surface area contributed by atoms with Crippen molar-refractivity contribution in [3.63, 3.8) is 0 Å². The number of rotatable bonds is 3. The summed E-state index contributed by atoms with van der Waals surface area (Å²) in [7, 11) is 0. The number of nitrogens with zero attached hydrogens (tertiary/aromatic N) is 2. The summed E-state index contributed by atoms with van der Waals surface area (Å²) in [5.41, 5.74) is 2.21. The highest BCUT2D eigenvalue weighted by molar-refractivity contribution is 9.10. The van der Waals surface area contributed by atoms with Gasteiger partial charge in [0.2, 0.25) is 0 Å². The third-order valence-electron chi connectivity index (χ3n) is 3.93. The van der Waals surface area contributed by atoms with E-state index in [1.54, 1.807) is 0 Å². The normalized spacial score (nSPS) is 21.3. The lowest BCUT2D eigenvalue weighted by Gasteiger charge is -2.37. The van der Waals surface area contributed by atoms with E-state index in [-0.39, 0.29) is 6.61 Å². The molecule has 2 aliphatic rings. The molecular weight excluding hydrogens is 292 g/mol. The Bertz CT molecular complexity index is 426. The third-order valence-corrected chi connectivity index (χ3v) is 4.42. The molecule has 0 unspecified atom stereocenters. The summed E-state index contributed by atoms with van der Waals surface area (Å²) in [6.07, 6.45) is 2.78. The minimum atomic E-state index is 0.109. The van der Waals surface area contributed by atoms with Crippen molar-refractivity contribution in [2.24, 2.45) is 0 Å². The van der Waals surface area contributed by atoms with Gasteiger partial charge in [0.15, 0.2) is 0 Å². The van der Waals surface area contributed by atoms with Crippen molar-refractivity contribution < 1.29 is 5.11 Å². The van der Waals surface area contributed by atoms with Crippen LogP contribution in [0.1, 0.15) is 18.4 Å². The molecule has 1 saturated carbocycles. The number of piperazine rings is 1. The Kier molecular flexibility index (Phi) is 3.59. The van der Waals surface area contributed by atoms with Gasteiger partial charge in [-0.1, -0.05) is 15.9 Å². The van der Waals surface area contributed by atoms with Crippen molar-refractivity contribution in [1.29, 1.82) is 0 Å². The molecule has 1 aliphatic carbocycles. The summed E-state index contributed by atoms with van der Waals surface area (Å²) in [5, 5.41) is 9.47. The first-order chi connectivity index (χ1) is 8.78. The molecule has 2 fully saturated rings. The third kappa shape index (κ3) is 2.56. The van der Waals surface area contributed by atoms with Gasteiger partial charge in [-0.15, -0.1) is 0 Å². The minimum absolute atomic E-state index is 0.109. The zero-order valence-electron chi connectivity index (χ0n) is 10.5. The van der Waals surface area contributed by atoms with Crippen LogP contribution in [-0.2, 0) is 6.61 Å². The summed E-state index contributed by atoms with van der Waals surface area (Å²) in [6, 6.07) is 7.06. The lowest BCUT2D eigenvalue weighted by Crippen LogP contribution is -2.47. The first-order valence-corrected chi connectivity index (χ1v) is 7.45. The van der Waals surface area contributed by atoms with Gasteiger partial charge in [-0.05, 0) is 31.0 Å². The van der Waals surface area contributed by atoms with Crippen LogP contribution in [0, 0.1) is 0 Å². The Morgan fingerprint density at radius 1 is 1.17 bits per heavy atom. The predicted molar refractivity (Wildman–Crippen MR) is 76.9 cm³/mol. The average Bonchev–Trinajstić information content (AvgIpc) is 3.23. The molecule has 0 bridgehead atoms. The largest absolute Gasteiger partial charge is 0.392 e. The zero-order chi connectivity index (χ0) is 12.5. The molecule has 0 amide bonds. The van der Waals surface area contributed by atoms with Crippen LogP contribution in [0.25, 0.3) is 0 Å². The van der Waals surface area contributed by atoms with E-state index < -0.39 is 0 Å². The van der Waals surface area contributed by atoms with E-state index in [1.807, 2.05) is 6.07 Å². The maximum absolute atomic E-state index is 9.47. The molecular formula is C14H19BrN2O. The molecule has 1 heterocycles.